The van der Waals surface area contributed by atoms with E-state index in [1.165, 1.54) is 6.92 Å². The first kappa shape index (κ1) is 29.3. The van der Waals surface area contributed by atoms with E-state index in [4.69, 9.17) is 10.2 Å². The monoisotopic (exact) mass is 585 g/mol. The normalized spacial score (nSPS) is 15.2. The molecule has 1 atom stereocenters. The topological polar surface area (TPSA) is 89.6 Å². The highest BCUT2D eigenvalue weighted by atomic mass is 19.4. The highest BCUT2D eigenvalue weighted by molar-refractivity contribution is 5.50. The molecule has 8 nitrogen and oxygen atoms in total. The van der Waals surface area contributed by atoms with E-state index in [9.17, 15) is 27.2 Å². The van der Waals surface area contributed by atoms with Gasteiger partial charge in [0.25, 0.3) is 5.56 Å². The maximum Gasteiger partial charge on any atom is 0.416 e. The van der Waals surface area contributed by atoms with Crippen LogP contribution in [0.5, 0.6) is 0 Å². The average Bonchev–Trinajstić information content (AvgIpc) is 3.48. The van der Waals surface area contributed by atoms with Gasteiger partial charge in [0.05, 0.1) is 31.5 Å². The molecule has 12 heteroatoms. The van der Waals surface area contributed by atoms with Crippen LogP contribution in [-0.2, 0) is 25.8 Å². The van der Waals surface area contributed by atoms with Gasteiger partial charge >= 0.3 is 11.9 Å². The number of nitrogens with zero attached hydrogens (tertiary/aromatic N) is 4. The Morgan fingerprint density at radius 1 is 0.905 bits per heavy atom. The van der Waals surface area contributed by atoms with E-state index < -0.39 is 47.0 Å². The van der Waals surface area contributed by atoms with Crippen molar-refractivity contribution in [2.45, 2.75) is 38.8 Å². The van der Waals surface area contributed by atoms with Crippen LogP contribution in [0.3, 0.4) is 0 Å². The fourth-order valence-corrected chi connectivity index (χ4v) is 5.40. The number of benzene rings is 2. The Morgan fingerprint density at radius 3 is 2.26 bits per heavy atom. The molecule has 4 aromatic rings. The fraction of sp³-hybridized carbons (Fsp3) is 0.333. The van der Waals surface area contributed by atoms with Crippen molar-refractivity contribution in [2.75, 3.05) is 31.1 Å². The van der Waals surface area contributed by atoms with Crippen LogP contribution in [0.25, 0.3) is 0 Å². The summed E-state index contributed by atoms with van der Waals surface area (Å²) in [6, 6.07) is 14.5. The smallest absolute Gasteiger partial charge is 0.416 e. The first-order valence-corrected chi connectivity index (χ1v) is 13.5. The minimum atomic E-state index is -4.84. The molecule has 2 N–H and O–H groups in total. The molecule has 42 heavy (non-hydrogen) atoms. The Labute approximate surface area is 239 Å². The standard InChI is InChI=1S/C30H31F4N5O3/c1-20-27(37-14-12-36(13-15-37)17-22-9-6-16-42-22)28(40)39(19-26(35)21-7-3-2-4-8-21)29(41)38(20)18-23-24(30(32,33)34)10-5-11-25(23)31/h2-11,16,26H,12-15,17-19,35H2,1H3/t26-/m0/s1. The second-order valence-corrected chi connectivity index (χ2v) is 10.3. The average molecular weight is 586 g/mol. The summed E-state index contributed by atoms with van der Waals surface area (Å²) in [6.45, 7) is 3.17. The highest BCUT2D eigenvalue weighted by Gasteiger charge is 2.35. The third-order valence-corrected chi connectivity index (χ3v) is 7.65. The SMILES string of the molecule is Cc1c(N2CCN(Cc3ccco3)CC2)c(=O)n(C[C@H](N)c2ccccc2)c(=O)n1Cc1c(F)cccc1C(F)(F)F. The summed E-state index contributed by atoms with van der Waals surface area (Å²) in [5, 5.41) is 0. The number of aromatic nitrogens is 2. The number of halogens is 4. The summed E-state index contributed by atoms with van der Waals surface area (Å²) in [5.74, 6) is -0.293. The largest absolute Gasteiger partial charge is 0.468 e. The van der Waals surface area contributed by atoms with E-state index >= 15 is 0 Å². The van der Waals surface area contributed by atoms with Crippen LogP contribution in [0, 0.1) is 12.7 Å². The lowest BCUT2D eigenvalue weighted by Gasteiger charge is -2.36. The zero-order valence-corrected chi connectivity index (χ0v) is 23.0. The number of hydrogen-bond donors (Lipinski definition) is 1. The van der Waals surface area contributed by atoms with E-state index in [1.807, 2.05) is 11.0 Å². The summed E-state index contributed by atoms with van der Waals surface area (Å²) in [5.41, 5.74) is 4.08. The minimum absolute atomic E-state index is 0.158. The van der Waals surface area contributed by atoms with Gasteiger partial charge in [0, 0.05) is 43.5 Å². The zero-order valence-electron chi connectivity index (χ0n) is 23.0. The van der Waals surface area contributed by atoms with E-state index in [-0.39, 0.29) is 17.9 Å². The van der Waals surface area contributed by atoms with Gasteiger partial charge in [0.2, 0.25) is 0 Å². The second kappa shape index (κ2) is 12.0. The molecule has 0 bridgehead atoms. The molecule has 0 radical (unpaired) electrons. The Balaban J connectivity index is 1.56. The lowest BCUT2D eigenvalue weighted by atomic mass is 10.1. The maximum atomic E-state index is 14.9. The van der Waals surface area contributed by atoms with Gasteiger partial charge in [-0.3, -0.25) is 18.8 Å². The maximum absolute atomic E-state index is 14.9. The van der Waals surface area contributed by atoms with Crippen molar-refractivity contribution in [2.24, 2.45) is 5.73 Å². The van der Waals surface area contributed by atoms with Crippen molar-refractivity contribution in [3.8, 4) is 0 Å². The summed E-state index contributed by atoms with van der Waals surface area (Å²) in [6.07, 6.45) is -3.24. The van der Waals surface area contributed by atoms with Crippen LogP contribution in [0.1, 0.15) is 34.2 Å². The van der Waals surface area contributed by atoms with Gasteiger partial charge in [-0.15, -0.1) is 0 Å². The molecular weight excluding hydrogens is 554 g/mol. The number of alkyl halides is 3. The Kier molecular flexibility index (Phi) is 8.37. The summed E-state index contributed by atoms with van der Waals surface area (Å²) in [7, 11) is 0. The van der Waals surface area contributed by atoms with Crippen molar-refractivity contribution in [1.82, 2.24) is 14.0 Å². The quantitative estimate of drug-likeness (QED) is 0.313. The minimum Gasteiger partial charge on any atom is -0.468 e. The molecule has 1 aliphatic rings. The molecule has 0 amide bonds. The number of anilines is 1. The molecule has 3 heterocycles. The summed E-state index contributed by atoms with van der Waals surface area (Å²) >= 11 is 0. The van der Waals surface area contributed by atoms with Crippen LogP contribution in [0.2, 0.25) is 0 Å². The third kappa shape index (κ3) is 6.04. The molecule has 5 rings (SSSR count). The molecule has 0 spiro atoms. The van der Waals surface area contributed by atoms with Crippen molar-refractivity contribution in [1.29, 1.82) is 0 Å². The van der Waals surface area contributed by atoms with Crippen LogP contribution < -0.4 is 21.9 Å². The predicted molar refractivity (Wildman–Crippen MR) is 150 cm³/mol. The number of piperazine rings is 1. The van der Waals surface area contributed by atoms with Gasteiger partial charge < -0.3 is 15.1 Å². The molecule has 1 saturated heterocycles. The van der Waals surface area contributed by atoms with Crippen LogP contribution in [0.15, 0.2) is 80.9 Å². The molecule has 0 saturated carbocycles. The van der Waals surface area contributed by atoms with Crippen LogP contribution in [-0.4, -0.2) is 40.2 Å². The first-order chi connectivity index (χ1) is 20.0. The second-order valence-electron chi connectivity index (χ2n) is 10.3. The number of hydrogen-bond acceptors (Lipinski definition) is 6. The van der Waals surface area contributed by atoms with Crippen LogP contribution in [0.4, 0.5) is 23.2 Å². The van der Waals surface area contributed by atoms with E-state index in [1.54, 1.807) is 42.7 Å². The molecule has 1 fully saturated rings. The molecule has 0 aliphatic carbocycles. The van der Waals surface area contributed by atoms with Crippen molar-refractivity contribution < 1.29 is 22.0 Å². The number of nitrogens with two attached hydrogens (primary N) is 1. The Hall–Kier alpha value is -4.16. The fourth-order valence-electron chi connectivity index (χ4n) is 5.40. The number of furan rings is 1. The molecule has 1 aliphatic heterocycles. The molecule has 0 unspecified atom stereocenters. The van der Waals surface area contributed by atoms with Gasteiger partial charge in [0.15, 0.2) is 0 Å². The van der Waals surface area contributed by atoms with Gasteiger partial charge in [0.1, 0.15) is 17.3 Å². The van der Waals surface area contributed by atoms with Gasteiger partial charge in [-0.05, 0) is 36.8 Å². The number of rotatable bonds is 8. The molecule has 2 aromatic carbocycles. The lowest BCUT2D eigenvalue weighted by Crippen LogP contribution is -2.51. The molecular formula is C30H31F4N5O3. The molecule has 2 aromatic heterocycles. The third-order valence-electron chi connectivity index (χ3n) is 7.65. The van der Waals surface area contributed by atoms with E-state index in [0.29, 0.717) is 38.3 Å². The predicted octanol–water partition coefficient (Wildman–Crippen LogP) is 4.14. The molecule has 222 valence electrons. The van der Waals surface area contributed by atoms with E-state index in [0.717, 1.165) is 33.1 Å². The Bertz CT molecular complexity index is 1640. The van der Waals surface area contributed by atoms with Crippen molar-refractivity contribution in [3.63, 3.8) is 0 Å². The van der Waals surface area contributed by atoms with Crippen LogP contribution >= 0.6 is 0 Å². The highest BCUT2D eigenvalue weighted by Crippen LogP contribution is 2.33. The van der Waals surface area contributed by atoms with E-state index in [2.05, 4.69) is 4.90 Å². The van der Waals surface area contributed by atoms with Crippen molar-refractivity contribution in [3.05, 3.63) is 122 Å². The van der Waals surface area contributed by atoms with Crippen molar-refractivity contribution >= 4 is 5.69 Å². The summed E-state index contributed by atoms with van der Waals surface area (Å²) < 4.78 is 63.8. The Morgan fingerprint density at radius 2 is 1.62 bits per heavy atom. The van der Waals surface area contributed by atoms with Gasteiger partial charge in [-0.1, -0.05) is 36.4 Å². The first-order valence-electron chi connectivity index (χ1n) is 13.5. The lowest BCUT2D eigenvalue weighted by molar-refractivity contribution is -0.138. The van der Waals surface area contributed by atoms with Gasteiger partial charge in [-0.25, -0.2) is 9.18 Å². The van der Waals surface area contributed by atoms with Gasteiger partial charge in [-0.2, -0.15) is 13.2 Å². The zero-order chi connectivity index (χ0) is 30.0. The summed E-state index contributed by atoms with van der Waals surface area (Å²) in [4.78, 5) is 31.6.